The van der Waals surface area contributed by atoms with Crippen molar-refractivity contribution in [2.75, 3.05) is 0 Å². The Hall–Kier alpha value is -2.94. The second-order valence-electron chi connectivity index (χ2n) is 10.7. The Morgan fingerprint density at radius 2 is 1.42 bits per heavy atom. The SMILES string of the molecule is CC(C)CC(=O)NC(CC(C)C)C(=O)NC(C(=O)NC(Cc1ccccc1)[C@@H](N)CC(N)=O)C(C)C. The molecular formula is C27H45N5O4. The van der Waals surface area contributed by atoms with Crippen LogP contribution < -0.4 is 27.4 Å². The van der Waals surface area contributed by atoms with Crippen molar-refractivity contribution in [3.63, 3.8) is 0 Å². The van der Waals surface area contributed by atoms with Crippen molar-refractivity contribution >= 4 is 23.6 Å². The first-order valence-corrected chi connectivity index (χ1v) is 12.8. The molecule has 4 atom stereocenters. The van der Waals surface area contributed by atoms with Crippen LogP contribution in [0.3, 0.4) is 0 Å². The van der Waals surface area contributed by atoms with Gasteiger partial charge in [-0.2, -0.15) is 0 Å². The summed E-state index contributed by atoms with van der Waals surface area (Å²) in [5.74, 6) is -1.48. The number of nitrogens with one attached hydrogen (secondary N) is 3. The summed E-state index contributed by atoms with van der Waals surface area (Å²) in [6.45, 7) is 11.5. The molecule has 1 rings (SSSR count). The summed E-state index contributed by atoms with van der Waals surface area (Å²) >= 11 is 0. The van der Waals surface area contributed by atoms with Crippen molar-refractivity contribution in [3.8, 4) is 0 Å². The second-order valence-corrected chi connectivity index (χ2v) is 10.7. The van der Waals surface area contributed by atoms with Gasteiger partial charge in [0, 0.05) is 24.9 Å². The number of nitrogens with two attached hydrogens (primary N) is 2. The van der Waals surface area contributed by atoms with Crippen molar-refractivity contribution in [2.24, 2.45) is 29.2 Å². The van der Waals surface area contributed by atoms with Crippen LogP contribution in [0, 0.1) is 17.8 Å². The summed E-state index contributed by atoms with van der Waals surface area (Å²) in [6, 6.07) is 6.61. The number of primary amides is 1. The first-order chi connectivity index (χ1) is 16.8. The smallest absolute Gasteiger partial charge is 0.243 e. The number of rotatable bonds is 15. The van der Waals surface area contributed by atoms with Crippen molar-refractivity contribution in [3.05, 3.63) is 35.9 Å². The number of hydrogen-bond acceptors (Lipinski definition) is 5. The summed E-state index contributed by atoms with van der Waals surface area (Å²) in [7, 11) is 0. The Morgan fingerprint density at radius 1 is 0.806 bits per heavy atom. The average Bonchev–Trinajstić information content (AvgIpc) is 2.75. The van der Waals surface area contributed by atoms with E-state index in [0.717, 1.165) is 5.56 Å². The van der Waals surface area contributed by atoms with Crippen LogP contribution in [0.25, 0.3) is 0 Å². The molecule has 0 aliphatic rings. The quantitative estimate of drug-likeness (QED) is 0.246. The standard InChI is InChI=1S/C27H45N5O4/c1-16(2)12-22(30-24(34)13-17(3)4)26(35)32-25(18(5)6)27(36)31-21(20(28)15-23(29)33)14-19-10-8-7-9-11-19/h7-11,16-18,20-22,25H,12-15,28H2,1-6H3,(H2,29,33)(H,30,34)(H,31,36)(H,32,35)/t20-,21?,22?,25?/m0/s1. The lowest BCUT2D eigenvalue weighted by atomic mass is 9.95. The Balaban J connectivity index is 3.03. The van der Waals surface area contributed by atoms with E-state index in [1.54, 1.807) is 0 Å². The van der Waals surface area contributed by atoms with Gasteiger partial charge < -0.3 is 27.4 Å². The van der Waals surface area contributed by atoms with Crippen molar-refractivity contribution in [1.82, 2.24) is 16.0 Å². The van der Waals surface area contributed by atoms with Crippen LogP contribution in [0.1, 0.15) is 66.4 Å². The van der Waals surface area contributed by atoms with Crippen LogP contribution in [0.2, 0.25) is 0 Å². The van der Waals surface area contributed by atoms with E-state index in [1.165, 1.54) is 0 Å². The maximum atomic E-state index is 13.3. The molecule has 0 spiro atoms. The molecule has 36 heavy (non-hydrogen) atoms. The maximum Gasteiger partial charge on any atom is 0.243 e. The Bertz CT molecular complexity index is 857. The van der Waals surface area contributed by atoms with E-state index in [4.69, 9.17) is 11.5 Å². The van der Waals surface area contributed by atoms with Crippen LogP contribution in [0.5, 0.6) is 0 Å². The minimum absolute atomic E-state index is 0.0885. The first-order valence-electron chi connectivity index (χ1n) is 12.8. The summed E-state index contributed by atoms with van der Waals surface area (Å²) in [4.78, 5) is 50.4. The Morgan fingerprint density at radius 3 is 1.92 bits per heavy atom. The third-order valence-corrected chi connectivity index (χ3v) is 5.78. The van der Waals surface area contributed by atoms with Gasteiger partial charge in [0.2, 0.25) is 23.6 Å². The molecule has 0 aliphatic heterocycles. The topological polar surface area (TPSA) is 156 Å². The van der Waals surface area contributed by atoms with Crippen molar-refractivity contribution < 1.29 is 19.2 Å². The zero-order valence-electron chi connectivity index (χ0n) is 22.5. The van der Waals surface area contributed by atoms with E-state index >= 15 is 0 Å². The highest BCUT2D eigenvalue weighted by atomic mass is 16.2. The number of hydrogen-bond donors (Lipinski definition) is 5. The number of carbonyl (C=O) groups excluding carboxylic acids is 4. The lowest BCUT2D eigenvalue weighted by Gasteiger charge is -2.30. The number of amides is 4. The van der Waals surface area contributed by atoms with E-state index < -0.39 is 41.9 Å². The molecule has 1 aromatic rings. The monoisotopic (exact) mass is 503 g/mol. The molecule has 3 unspecified atom stereocenters. The predicted octanol–water partition coefficient (Wildman–Crippen LogP) is 1.63. The number of carbonyl (C=O) groups is 4. The normalized spacial score (nSPS) is 14.7. The molecule has 9 heteroatoms. The molecule has 1 aromatic carbocycles. The second kappa shape index (κ2) is 15.2. The van der Waals surface area contributed by atoms with Crippen LogP contribution in [-0.2, 0) is 25.6 Å². The molecule has 9 nitrogen and oxygen atoms in total. The molecule has 0 aliphatic carbocycles. The molecule has 0 aromatic heterocycles. The molecule has 202 valence electrons. The molecule has 0 heterocycles. The van der Waals surface area contributed by atoms with E-state index in [2.05, 4.69) is 16.0 Å². The summed E-state index contributed by atoms with van der Waals surface area (Å²) in [5.41, 5.74) is 12.5. The van der Waals surface area contributed by atoms with E-state index in [0.29, 0.717) is 19.3 Å². The molecule has 0 saturated heterocycles. The van der Waals surface area contributed by atoms with Crippen molar-refractivity contribution in [2.45, 2.75) is 91.4 Å². The highest BCUT2D eigenvalue weighted by Crippen LogP contribution is 2.12. The van der Waals surface area contributed by atoms with Gasteiger partial charge in [0.1, 0.15) is 12.1 Å². The fourth-order valence-electron chi connectivity index (χ4n) is 3.94. The third kappa shape index (κ3) is 11.7. The molecular weight excluding hydrogens is 458 g/mol. The summed E-state index contributed by atoms with van der Waals surface area (Å²) < 4.78 is 0. The Labute approximate surface area is 215 Å². The van der Waals surface area contributed by atoms with E-state index in [1.807, 2.05) is 71.9 Å². The van der Waals surface area contributed by atoms with Crippen molar-refractivity contribution in [1.29, 1.82) is 0 Å². The predicted molar refractivity (Wildman–Crippen MR) is 141 cm³/mol. The number of benzene rings is 1. The zero-order chi connectivity index (χ0) is 27.4. The van der Waals surface area contributed by atoms with Crippen LogP contribution in [0.15, 0.2) is 30.3 Å². The van der Waals surface area contributed by atoms with Gasteiger partial charge in [-0.1, -0.05) is 71.9 Å². The molecule has 7 N–H and O–H groups in total. The van der Waals surface area contributed by atoms with Gasteiger partial charge in [-0.25, -0.2) is 0 Å². The molecule has 0 fully saturated rings. The average molecular weight is 504 g/mol. The molecule has 0 saturated carbocycles. The minimum Gasteiger partial charge on any atom is -0.370 e. The van der Waals surface area contributed by atoms with Gasteiger partial charge in [0.25, 0.3) is 0 Å². The molecule has 4 amide bonds. The lowest BCUT2D eigenvalue weighted by Crippen LogP contribution is -2.59. The van der Waals surface area contributed by atoms with E-state index in [9.17, 15) is 19.2 Å². The molecule has 0 bridgehead atoms. The molecule has 0 radical (unpaired) electrons. The van der Waals surface area contributed by atoms with E-state index in [-0.39, 0.29) is 30.1 Å². The largest absolute Gasteiger partial charge is 0.370 e. The highest BCUT2D eigenvalue weighted by molar-refractivity contribution is 5.92. The lowest BCUT2D eigenvalue weighted by molar-refractivity contribution is -0.133. The van der Waals surface area contributed by atoms with Gasteiger partial charge >= 0.3 is 0 Å². The van der Waals surface area contributed by atoms with Crippen LogP contribution in [0.4, 0.5) is 0 Å². The van der Waals surface area contributed by atoms with Gasteiger partial charge in [0.05, 0.1) is 0 Å². The zero-order valence-corrected chi connectivity index (χ0v) is 22.5. The third-order valence-electron chi connectivity index (χ3n) is 5.78. The van der Waals surface area contributed by atoms with Crippen LogP contribution in [-0.4, -0.2) is 47.8 Å². The maximum absolute atomic E-state index is 13.3. The fraction of sp³-hybridized carbons (Fsp3) is 0.630. The van der Waals surface area contributed by atoms with Gasteiger partial charge in [0.15, 0.2) is 0 Å². The Kier molecular flexibility index (Phi) is 13.2. The van der Waals surface area contributed by atoms with Gasteiger partial charge in [-0.3, -0.25) is 19.2 Å². The van der Waals surface area contributed by atoms with Crippen LogP contribution >= 0.6 is 0 Å². The fourth-order valence-corrected chi connectivity index (χ4v) is 3.94. The summed E-state index contributed by atoms with van der Waals surface area (Å²) in [5, 5.41) is 8.58. The van der Waals surface area contributed by atoms with Gasteiger partial charge in [-0.15, -0.1) is 0 Å². The highest BCUT2D eigenvalue weighted by Gasteiger charge is 2.31. The first kappa shape index (κ1) is 31.1. The summed E-state index contributed by atoms with van der Waals surface area (Å²) in [6.07, 6.45) is 1.08. The minimum atomic E-state index is -0.854. The van der Waals surface area contributed by atoms with Gasteiger partial charge in [-0.05, 0) is 36.2 Å².